The maximum Gasteiger partial charge on any atom is 0.329 e. The average Bonchev–Trinajstić information content (AvgIpc) is 3.94. The lowest BCUT2D eigenvalue weighted by molar-refractivity contribution is -0.135. The predicted octanol–water partition coefficient (Wildman–Crippen LogP) is 5.46. The van der Waals surface area contributed by atoms with Crippen molar-refractivity contribution in [2.45, 2.75) is 57.4 Å². The number of benzene rings is 4. The van der Waals surface area contributed by atoms with Crippen molar-refractivity contribution in [1.29, 1.82) is 0 Å². The summed E-state index contributed by atoms with van der Waals surface area (Å²) in [5.41, 5.74) is 8.18. The molecular weight excluding hydrogens is 787 g/mol. The van der Waals surface area contributed by atoms with Crippen molar-refractivity contribution in [3.63, 3.8) is 0 Å². The molecule has 6 aromatic rings. The predicted molar refractivity (Wildman–Crippen MR) is 237 cm³/mol. The summed E-state index contributed by atoms with van der Waals surface area (Å²) in [5.74, 6) is -0.793. The third-order valence-electron chi connectivity index (χ3n) is 12.9. The summed E-state index contributed by atoms with van der Waals surface area (Å²) in [6, 6.07) is 24.3. The number of carbonyl (C=O) groups is 5. The molecule has 318 valence electrons. The summed E-state index contributed by atoms with van der Waals surface area (Å²) in [7, 11) is 5.09. The molecule has 1 atom stereocenters. The highest BCUT2D eigenvalue weighted by molar-refractivity contribution is 6.12. The van der Waals surface area contributed by atoms with Crippen LogP contribution in [0, 0.1) is 5.92 Å². The molecule has 5 amide bonds. The summed E-state index contributed by atoms with van der Waals surface area (Å²) in [6.07, 6.45) is 5.60. The van der Waals surface area contributed by atoms with Gasteiger partial charge in [-0.2, -0.15) is 5.10 Å². The van der Waals surface area contributed by atoms with Gasteiger partial charge in [-0.15, -0.1) is 0 Å². The van der Waals surface area contributed by atoms with Crippen LogP contribution in [0.3, 0.4) is 0 Å². The Morgan fingerprint density at radius 2 is 1.60 bits per heavy atom. The number of imide groups is 1. The number of nitrogens with one attached hydrogen (secondary N) is 3. The van der Waals surface area contributed by atoms with Crippen molar-refractivity contribution in [1.82, 2.24) is 29.5 Å². The maximum absolute atomic E-state index is 13.7. The van der Waals surface area contributed by atoms with Crippen LogP contribution in [0.4, 0.5) is 17.1 Å². The molecule has 0 saturated carbocycles. The second kappa shape index (κ2) is 16.4. The van der Waals surface area contributed by atoms with Crippen LogP contribution < -0.4 is 31.4 Å². The number of carbonyl (C=O) groups excluding carboxylic acids is 5. The van der Waals surface area contributed by atoms with Gasteiger partial charge in [0.05, 0.1) is 16.6 Å². The minimum absolute atomic E-state index is 0.134. The minimum Gasteiger partial charge on any atom is -0.371 e. The van der Waals surface area contributed by atoms with Gasteiger partial charge in [0.2, 0.25) is 17.7 Å². The smallest absolute Gasteiger partial charge is 0.329 e. The van der Waals surface area contributed by atoms with Gasteiger partial charge in [0, 0.05) is 81.6 Å². The van der Waals surface area contributed by atoms with Crippen LogP contribution >= 0.6 is 0 Å². The maximum atomic E-state index is 13.7. The van der Waals surface area contributed by atoms with Crippen molar-refractivity contribution in [3.05, 3.63) is 106 Å². The molecule has 0 bridgehead atoms. The van der Waals surface area contributed by atoms with Gasteiger partial charge in [0.1, 0.15) is 6.04 Å². The molecule has 9 rings (SSSR count). The Morgan fingerprint density at radius 3 is 2.35 bits per heavy atom. The van der Waals surface area contributed by atoms with Crippen LogP contribution in [-0.2, 0) is 34.9 Å². The number of anilines is 3. The summed E-state index contributed by atoms with van der Waals surface area (Å²) in [6.45, 7) is 2.40. The standard InChI is InChI=1S/C47H49N9O6/c1-48-44(59)31-6-4-7-32(24-31)49-46(61)43-36-26-30(11-15-37(36)53(3)51-43)35-14-12-34(55-21-5-8-42(55)58)25-29(35)10-9-28-19-22-54(23-20-28)33-13-16-38-40(27-33)52(2)47(62)56(38)39-17-18-41(57)50-45(39)60/h4,6-7,11-16,24-28,39H,5,8-10,17-23H2,1-3H3,(H,48,59)(H,49,61)(H,50,57,60). The van der Waals surface area contributed by atoms with Gasteiger partial charge < -0.3 is 20.4 Å². The second-order valence-corrected chi connectivity index (χ2v) is 16.6. The molecule has 0 spiro atoms. The zero-order valence-corrected chi connectivity index (χ0v) is 35.1. The first kappa shape index (κ1) is 40.4. The molecule has 2 aromatic heterocycles. The van der Waals surface area contributed by atoms with E-state index in [1.807, 2.05) is 48.3 Å². The van der Waals surface area contributed by atoms with Crippen LogP contribution in [-0.4, -0.2) is 75.1 Å². The third kappa shape index (κ3) is 7.52. The van der Waals surface area contributed by atoms with E-state index in [1.165, 1.54) is 4.57 Å². The minimum atomic E-state index is -0.725. The lowest BCUT2D eigenvalue weighted by Gasteiger charge is -2.34. The van der Waals surface area contributed by atoms with Gasteiger partial charge in [-0.3, -0.25) is 43.1 Å². The Balaban J connectivity index is 0.937. The Hall–Kier alpha value is -7.03. The molecule has 3 aliphatic rings. The molecule has 3 aliphatic heterocycles. The quantitative estimate of drug-likeness (QED) is 0.153. The van der Waals surface area contributed by atoms with Crippen molar-refractivity contribution >= 4 is 68.5 Å². The van der Waals surface area contributed by atoms with Gasteiger partial charge in [-0.1, -0.05) is 18.2 Å². The SMILES string of the molecule is CNC(=O)c1cccc(NC(=O)c2nn(C)c3ccc(-c4ccc(N5CCCC5=O)cc4CCC4CCN(c5ccc6c(c5)n(C)c(=O)n6C5CCC(=O)NC5=O)CC4)cc23)c1. The van der Waals surface area contributed by atoms with E-state index in [1.54, 1.807) is 47.6 Å². The van der Waals surface area contributed by atoms with Crippen LogP contribution in [0.15, 0.2) is 83.7 Å². The molecule has 15 nitrogen and oxygen atoms in total. The van der Waals surface area contributed by atoms with E-state index in [9.17, 15) is 28.8 Å². The van der Waals surface area contributed by atoms with E-state index in [4.69, 9.17) is 0 Å². The Bertz CT molecular complexity index is 2860. The molecule has 3 N–H and O–H groups in total. The molecule has 5 heterocycles. The molecule has 1 unspecified atom stereocenters. The summed E-state index contributed by atoms with van der Waals surface area (Å²) in [5, 5.41) is 13.2. The van der Waals surface area contributed by atoms with Crippen LogP contribution in [0.1, 0.15) is 77.4 Å². The van der Waals surface area contributed by atoms with E-state index >= 15 is 0 Å². The van der Waals surface area contributed by atoms with Gasteiger partial charge >= 0.3 is 5.69 Å². The average molecular weight is 836 g/mol. The molecule has 3 fully saturated rings. The number of rotatable bonds is 10. The number of hydrogen-bond donors (Lipinski definition) is 3. The van der Waals surface area contributed by atoms with Crippen LogP contribution in [0.2, 0.25) is 0 Å². The number of aryl methyl sites for hydroxylation is 3. The van der Waals surface area contributed by atoms with Gasteiger partial charge in [0.25, 0.3) is 11.8 Å². The lowest BCUT2D eigenvalue weighted by atomic mass is 9.87. The number of amides is 5. The molecule has 0 aliphatic carbocycles. The molecule has 3 saturated heterocycles. The lowest BCUT2D eigenvalue weighted by Crippen LogP contribution is -2.44. The van der Waals surface area contributed by atoms with E-state index in [0.29, 0.717) is 47.5 Å². The van der Waals surface area contributed by atoms with Gasteiger partial charge in [-0.25, -0.2) is 4.79 Å². The fourth-order valence-electron chi connectivity index (χ4n) is 9.45. The fourth-order valence-corrected chi connectivity index (χ4v) is 9.45. The van der Waals surface area contributed by atoms with Gasteiger partial charge in [0.15, 0.2) is 5.69 Å². The fraction of sp³-hybridized carbons (Fsp3) is 0.340. The number of aromatic nitrogens is 4. The highest BCUT2D eigenvalue weighted by Crippen LogP contribution is 2.36. The Kier molecular flexibility index (Phi) is 10.7. The normalized spacial score (nSPS) is 17.3. The van der Waals surface area contributed by atoms with Gasteiger partial charge in [-0.05, 0) is 122 Å². The summed E-state index contributed by atoms with van der Waals surface area (Å²) < 4.78 is 4.78. The van der Waals surface area contributed by atoms with E-state index in [2.05, 4.69) is 44.1 Å². The van der Waals surface area contributed by atoms with E-state index < -0.39 is 11.9 Å². The number of imidazole rings is 1. The monoisotopic (exact) mass is 835 g/mol. The van der Waals surface area contributed by atoms with Crippen molar-refractivity contribution in [3.8, 4) is 11.1 Å². The third-order valence-corrected chi connectivity index (χ3v) is 12.9. The number of fused-ring (bicyclic) bond motifs is 2. The topological polar surface area (TPSA) is 173 Å². The first-order valence-corrected chi connectivity index (χ1v) is 21.3. The first-order valence-electron chi connectivity index (χ1n) is 21.3. The molecule has 15 heteroatoms. The first-order chi connectivity index (χ1) is 30.0. The van der Waals surface area contributed by atoms with Crippen LogP contribution in [0.25, 0.3) is 33.1 Å². The molecule has 4 aromatic carbocycles. The van der Waals surface area contributed by atoms with Crippen molar-refractivity contribution in [2.24, 2.45) is 20.0 Å². The van der Waals surface area contributed by atoms with E-state index in [-0.39, 0.29) is 41.4 Å². The largest absolute Gasteiger partial charge is 0.371 e. The zero-order valence-electron chi connectivity index (χ0n) is 35.1. The molecular formula is C47H49N9O6. The highest BCUT2D eigenvalue weighted by Gasteiger charge is 2.32. The number of hydrogen-bond acceptors (Lipinski definition) is 8. The molecule has 62 heavy (non-hydrogen) atoms. The number of piperidine rings is 2. The second-order valence-electron chi connectivity index (χ2n) is 16.6. The number of nitrogens with zero attached hydrogens (tertiary/aromatic N) is 6. The van der Waals surface area contributed by atoms with Crippen LogP contribution in [0.5, 0.6) is 0 Å². The Labute approximate surface area is 357 Å². The van der Waals surface area contributed by atoms with E-state index in [0.717, 1.165) is 84.3 Å². The van der Waals surface area contributed by atoms with Crippen molar-refractivity contribution < 1.29 is 24.0 Å². The van der Waals surface area contributed by atoms with Crippen molar-refractivity contribution in [2.75, 3.05) is 41.8 Å². The summed E-state index contributed by atoms with van der Waals surface area (Å²) >= 11 is 0. The highest BCUT2D eigenvalue weighted by atomic mass is 16.2. The molecule has 0 radical (unpaired) electrons. The Morgan fingerprint density at radius 1 is 0.806 bits per heavy atom. The summed E-state index contributed by atoms with van der Waals surface area (Å²) in [4.78, 5) is 80.9. The zero-order chi connectivity index (χ0) is 43.2.